The summed E-state index contributed by atoms with van der Waals surface area (Å²) >= 11 is 0. The van der Waals surface area contributed by atoms with E-state index >= 15 is 0 Å². The van der Waals surface area contributed by atoms with Crippen LogP contribution in [0.4, 0.5) is 11.6 Å². The van der Waals surface area contributed by atoms with Crippen LogP contribution in [-0.2, 0) is 11.3 Å². The second kappa shape index (κ2) is 10.8. The zero-order chi connectivity index (χ0) is 23.0. The molecule has 1 aliphatic heterocycles. The van der Waals surface area contributed by atoms with Crippen molar-refractivity contribution in [2.45, 2.75) is 20.4 Å². The lowest BCUT2D eigenvalue weighted by atomic mass is 10.2. The van der Waals surface area contributed by atoms with E-state index in [0.717, 1.165) is 37.4 Å². The number of nitrogens with zero attached hydrogens (tertiary/aromatic N) is 5. The highest BCUT2D eigenvalue weighted by atomic mass is 16.5. The molecule has 1 amide bonds. The quantitative estimate of drug-likeness (QED) is 0.529. The largest absolute Gasteiger partial charge is 0.467 e. The van der Waals surface area contributed by atoms with E-state index in [-0.39, 0.29) is 12.5 Å². The molecule has 1 fully saturated rings. The minimum atomic E-state index is -0.0596. The molecule has 33 heavy (non-hydrogen) atoms. The molecule has 0 unspecified atom stereocenters. The average Bonchev–Trinajstić information content (AvgIpc) is 2.87. The van der Waals surface area contributed by atoms with E-state index in [1.54, 1.807) is 11.0 Å². The monoisotopic (exact) mass is 445 g/mol. The number of piperazine rings is 1. The van der Waals surface area contributed by atoms with Gasteiger partial charge in [0.25, 0.3) is 5.91 Å². The Labute approximate surface area is 195 Å². The van der Waals surface area contributed by atoms with Crippen LogP contribution in [0.5, 0.6) is 5.88 Å². The Kier molecular flexibility index (Phi) is 7.40. The first-order valence-electron chi connectivity index (χ1n) is 11.5. The third-order valence-corrected chi connectivity index (χ3v) is 5.80. The molecule has 0 atom stereocenters. The lowest BCUT2D eigenvalue weighted by Gasteiger charge is -2.36. The fourth-order valence-corrected chi connectivity index (χ4v) is 3.95. The van der Waals surface area contributed by atoms with Crippen LogP contribution in [0.2, 0.25) is 0 Å². The summed E-state index contributed by atoms with van der Waals surface area (Å²) in [5.74, 6) is 1.03. The molecule has 3 aromatic rings. The van der Waals surface area contributed by atoms with E-state index in [1.165, 1.54) is 5.69 Å². The maximum absolute atomic E-state index is 12.7. The molecular weight excluding hydrogens is 414 g/mol. The number of hydrogen-bond donors (Lipinski definition) is 0. The van der Waals surface area contributed by atoms with E-state index in [0.29, 0.717) is 24.9 Å². The van der Waals surface area contributed by atoms with Gasteiger partial charge in [-0.3, -0.25) is 4.79 Å². The lowest BCUT2D eigenvalue weighted by Crippen LogP contribution is -2.47. The summed E-state index contributed by atoms with van der Waals surface area (Å²) in [5, 5.41) is 0. The van der Waals surface area contributed by atoms with Gasteiger partial charge in [0.05, 0.1) is 0 Å². The number of likely N-dealkylation sites (N-methyl/N-ethyl adjacent to an activating group) is 1. The van der Waals surface area contributed by atoms with Gasteiger partial charge in [0.15, 0.2) is 6.61 Å². The predicted molar refractivity (Wildman–Crippen MR) is 131 cm³/mol. The Morgan fingerprint density at radius 1 is 0.939 bits per heavy atom. The zero-order valence-corrected chi connectivity index (χ0v) is 19.4. The number of carbonyl (C=O) groups excluding carboxylic acids is 1. The summed E-state index contributed by atoms with van der Waals surface area (Å²) < 4.78 is 5.81. The number of carbonyl (C=O) groups is 1. The summed E-state index contributed by atoms with van der Waals surface area (Å²) in [6, 6.07) is 22.2. The van der Waals surface area contributed by atoms with Gasteiger partial charge in [-0.2, -0.15) is 4.98 Å². The number of amides is 1. The Bertz CT molecular complexity index is 1040. The van der Waals surface area contributed by atoms with Crippen LogP contribution in [0.3, 0.4) is 0 Å². The molecular formula is C26H31N5O2. The number of aromatic nitrogens is 2. The van der Waals surface area contributed by atoms with Gasteiger partial charge in [-0.15, -0.1) is 0 Å². The van der Waals surface area contributed by atoms with E-state index in [9.17, 15) is 4.79 Å². The minimum absolute atomic E-state index is 0.0433. The summed E-state index contributed by atoms with van der Waals surface area (Å²) in [5.41, 5.74) is 3.16. The second-order valence-corrected chi connectivity index (χ2v) is 8.14. The molecule has 1 saturated heterocycles. The number of hydrogen-bond acceptors (Lipinski definition) is 6. The molecule has 2 aromatic carbocycles. The number of ether oxygens (including phenoxy) is 1. The predicted octanol–water partition coefficient (Wildman–Crippen LogP) is 3.54. The van der Waals surface area contributed by atoms with Crippen molar-refractivity contribution in [2.24, 2.45) is 0 Å². The highest BCUT2D eigenvalue weighted by molar-refractivity contribution is 5.77. The maximum Gasteiger partial charge on any atom is 0.260 e. The molecule has 1 aliphatic rings. The Morgan fingerprint density at radius 2 is 1.58 bits per heavy atom. The SMILES string of the molecule is CCN(Cc1ccccc1)C(=O)COc1cc(C)nc(N2CCN(c3ccccc3)CC2)n1. The number of anilines is 2. The lowest BCUT2D eigenvalue weighted by molar-refractivity contribution is -0.133. The van der Waals surface area contributed by atoms with Gasteiger partial charge >= 0.3 is 0 Å². The molecule has 4 rings (SSSR count). The summed E-state index contributed by atoms with van der Waals surface area (Å²) in [4.78, 5) is 28.3. The highest BCUT2D eigenvalue weighted by Gasteiger charge is 2.20. The Balaban J connectivity index is 1.35. The normalized spacial score (nSPS) is 13.6. The van der Waals surface area contributed by atoms with E-state index in [4.69, 9.17) is 4.74 Å². The molecule has 7 heteroatoms. The summed E-state index contributed by atoms with van der Waals surface area (Å²) in [7, 11) is 0. The smallest absolute Gasteiger partial charge is 0.260 e. The van der Waals surface area contributed by atoms with Gasteiger partial charge in [-0.1, -0.05) is 48.5 Å². The standard InChI is InChI=1S/C26H31N5O2/c1-3-29(19-22-10-6-4-7-11-22)25(32)20-33-24-18-21(2)27-26(28-24)31-16-14-30(15-17-31)23-12-8-5-9-13-23/h4-13,18H,3,14-17,19-20H2,1-2H3. The summed E-state index contributed by atoms with van der Waals surface area (Å²) in [6.45, 7) is 8.52. The third kappa shape index (κ3) is 6.00. The summed E-state index contributed by atoms with van der Waals surface area (Å²) in [6.07, 6.45) is 0. The van der Waals surface area contributed by atoms with Crippen LogP contribution in [0, 0.1) is 6.92 Å². The molecule has 1 aromatic heterocycles. The molecule has 0 radical (unpaired) electrons. The van der Waals surface area contributed by atoms with Gasteiger partial charge in [-0.25, -0.2) is 4.98 Å². The fraction of sp³-hybridized carbons (Fsp3) is 0.346. The number of para-hydroxylation sites is 1. The molecule has 2 heterocycles. The zero-order valence-electron chi connectivity index (χ0n) is 19.4. The van der Waals surface area contributed by atoms with Crippen molar-refractivity contribution < 1.29 is 9.53 Å². The third-order valence-electron chi connectivity index (χ3n) is 5.80. The van der Waals surface area contributed by atoms with Crippen LogP contribution in [0.15, 0.2) is 66.7 Å². The Morgan fingerprint density at radius 3 is 2.24 bits per heavy atom. The number of benzene rings is 2. The van der Waals surface area contributed by atoms with Crippen LogP contribution in [0.1, 0.15) is 18.2 Å². The molecule has 0 bridgehead atoms. The number of rotatable bonds is 8. The van der Waals surface area contributed by atoms with Crippen LogP contribution >= 0.6 is 0 Å². The van der Waals surface area contributed by atoms with Crippen LogP contribution in [-0.4, -0.2) is 60.1 Å². The van der Waals surface area contributed by atoms with E-state index < -0.39 is 0 Å². The van der Waals surface area contributed by atoms with Gasteiger partial charge in [0, 0.05) is 56.7 Å². The van der Waals surface area contributed by atoms with Crippen molar-refractivity contribution in [3.05, 3.63) is 78.0 Å². The average molecular weight is 446 g/mol. The first-order chi connectivity index (χ1) is 16.1. The van der Waals surface area contributed by atoms with E-state index in [1.807, 2.05) is 50.2 Å². The number of aryl methyl sites for hydroxylation is 1. The van der Waals surface area contributed by atoms with Gasteiger partial charge in [0.1, 0.15) is 0 Å². The van der Waals surface area contributed by atoms with Gasteiger partial charge < -0.3 is 19.4 Å². The van der Waals surface area contributed by atoms with Crippen molar-refractivity contribution in [2.75, 3.05) is 49.1 Å². The van der Waals surface area contributed by atoms with Crippen molar-refractivity contribution in [1.29, 1.82) is 0 Å². The van der Waals surface area contributed by atoms with Crippen molar-refractivity contribution in [3.63, 3.8) is 0 Å². The molecule has 0 N–H and O–H groups in total. The molecule has 0 saturated carbocycles. The van der Waals surface area contributed by atoms with Crippen molar-refractivity contribution >= 4 is 17.5 Å². The highest BCUT2D eigenvalue weighted by Crippen LogP contribution is 2.20. The van der Waals surface area contributed by atoms with E-state index in [2.05, 4.69) is 44.0 Å². The van der Waals surface area contributed by atoms with Gasteiger partial charge in [0.2, 0.25) is 11.8 Å². The van der Waals surface area contributed by atoms with Crippen molar-refractivity contribution in [1.82, 2.24) is 14.9 Å². The van der Waals surface area contributed by atoms with Crippen LogP contribution < -0.4 is 14.5 Å². The molecule has 0 aliphatic carbocycles. The molecule has 0 spiro atoms. The fourth-order valence-electron chi connectivity index (χ4n) is 3.95. The first-order valence-corrected chi connectivity index (χ1v) is 11.5. The van der Waals surface area contributed by atoms with Crippen molar-refractivity contribution in [3.8, 4) is 5.88 Å². The molecule has 172 valence electrons. The second-order valence-electron chi connectivity index (χ2n) is 8.14. The Hall–Kier alpha value is -3.61. The minimum Gasteiger partial charge on any atom is -0.467 e. The van der Waals surface area contributed by atoms with Gasteiger partial charge in [-0.05, 0) is 31.5 Å². The maximum atomic E-state index is 12.7. The molecule has 7 nitrogen and oxygen atoms in total. The topological polar surface area (TPSA) is 61.8 Å². The first kappa shape index (κ1) is 22.6. The van der Waals surface area contributed by atoms with Crippen LogP contribution in [0.25, 0.3) is 0 Å².